The number of hydrogen-bond acceptors (Lipinski definition) is 2. The highest BCUT2D eigenvalue weighted by atomic mass is 32.1. The molecule has 0 aliphatic heterocycles. The Morgan fingerprint density at radius 3 is 2.54 bits per heavy atom. The van der Waals surface area contributed by atoms with Crippen molar-refractivity contribution < 1.29 is 0 Å². The fourth-order valence-corrected chi connectivity index (χ4v) is 1.72. The SMILES string of the molecule is C=CN=C(C)c1ccsc1C.CC. The lowest BCUT2D eigenvalue weighted by atomic mass is 10.2. The van der Waals surface area contributed by atoms with E-state index in [0.29, 0.717) is 0 Å². The number of rotatable bonds is 2. The van der Waals surface area contributed by atoms with Crippen molar-refractivity contribution in [1.29, 1.82) is 0 Å². The van der Waals surface area contributed by atoms with Crippen LogP contribution in [0.15, 0.2) is 29.2 Å². The summed E-state index contributed by atoms with van der Waals surface area (Å²) in [6.45, 7) is 11.7. The summed E-state index contributed by atoms with van der Waals surface area (Å²) in [5.41, 5.74) is 2.27. The Hall–Kier alpha value is -0.890. The lowest BCUT2D eigenvalue weighted by Crippen LogP contribution is -1.92. The molecule has 0 radical (unpaired) electrons. The van der Waals surface area contributed by atoms with Gasteiger partial charge in [-0.2, -0.15) is 0 Å². The van der Waals surface area contributed by atoms with Crippen molar-refractivity contribution in [2.75, 3.05) is 0 Å². The Bertz CT molecular complexity index is 284. The van der Waals surface area contributed by atoms with Gasteiger partial charge in [0.1, 0.15) is 0 Å². The second-order valence-corrected chi connectivity index (χ2v) is 3.41. The molecule has 0 fully saturated rings. The van der Waals surface area contributed by atoms with Gasteiger partial charge in [0.25, 0.3) is 0 Å². The predicted molar refractivity (Wildman–Crippen MR) is 62.8 cm³/mol. The van der Waals surface area contributed by atoms with Crippen molar-refractivity contribution in [2.45, 2.75) is 27.7 Å². The van der Waals surface area contributed by atoms with Crippen LogP contribution in [0, 0.1) is 6.92 Å². The largest absolute Gasteiger partial charge is 0.262 e. The monoisotopic (exact) mass is 195 g/mol. The quantitative estimate of drug-likeness (QED) is 0.632. The van der Waals surface area contributed by atoms with Crippen LogP contribution in [-0.4, -0.2) is 5.71 Å². The van der Waals surface area contributed by atoms with Crippen molar-refractivity contribution in [3.63, 3.8) is 0 Å². The highest BCUT2D eigenvalue weighted by Gasteiger charge is 2.00. The third kappa shape index (κ3) is 3.55. The molecule has 1 nitrogen and oxygen atoms in total. The highest BCUT2D eigenvalue weighted by Crippen LogP contribution is 2.15. The molecule has 0 saturated carbocycles. The lowest BCUT2D eigenvalue weighted by Gasteiger charge is -1.95. The van der Waals surface area contributed by atoms with Crippen molar-refractivity contribution >= 4 is 17.0 Å². The molecular formula is C11H17NS. The normalized spacial score (nSPS) is 10.3. The fraction of sp³-hybridized carbons (Fsp3) is 0.364. The van der Waals surface area contributed by atoms with Crippen molar-refractivity contribution in [1.82, 2.24) is 0 Å². The summed E-state index contributed by atoms with van der Waals surface area (Å²) in [5, 5.41) is 2.08. The molecule has 0 aliphatic carbocycles. The van der Waals surface area contributed by atoms with E-state index in [0.717, 1.165) is 5.71 Å². The van der Waals surface area contributed by atoms with Crippen LogP contribution in [0.2, 0.25) is 0 Å². The molecule has 72 valence electrons. The zero-order valence-corrected chi connectivity index (χ0v) is 9.61. The maximum absolute atomic E-state index is 4.12. The zero-order valence-electron chi connectivity index (χ0n) is 8.79. The van der Waals surface area contributed by atoms with Crippen LogP contribution >= 0.6 is 11.3 Å². The van der Waals surface area contributed by atoms with Gasteiger partial charge in [-0.05, 0) is 25.3 Å². The summed E-state index contributed by atoms with van der Waals surface area (Å²) in [6, 6.07) is 2.09. The first-order chi connectivity index (χ1) is 6.25. The van der Waals surface area contributed by atoms with Gasteiger partial charge >= 0.3 is 0 Å². The van der Waals surface area contributed by atoms with Crippen LogP contribution in [0.5, 0.6) is 0 Å². The minimum atomic E-state index is 1.04. The average Bonchev–Trinajstić information content (AvgIpc) is 2.55. The second-order valence-electron chi connectivity index (χ2n) is 2.29. The number of aliphatic imine (C=N–C) groups is 1. The molecule has 0 aliphatic rings. The van der Waals surface area contributed by atoms with Crippen LogP contribution < -0.4 is 0 Å². The minimum Gasteiger partial charge on any atom is -0.262 e. The van der Waals surface area contributed by atoms with Gasteiger partial charge in [0.15, 0.2) is 0 Å². The highest BCUT2D eigenvalue weighted by molar-refractivity contribution is 7.10. The Kier molecular flexibility index (Phi) is 6.15. The first-order valence-corrected chi connectivity index (χ1v) is 5.33. The summed E-state index contributed by atoms with van der Waals surface area (Å²) in [7, 11) is 0. The molecule has 1 heterocycles. The Morgan fingerprint density at radius 2 is 2.15 bits per heavy atom. The number of aryl methyl sites for hydroxylation is 1. The van der Waals surface area contributed by atoms with E-state index in [1.54, 1.807) is 17.5 Å². The number of hydrogen-bond donors (Lipinski definition) is 0. The van der Waals surface area contributed by atoms with Crippen LogP contribution in [0.4, 0.5) is 0 Å². The Labute approximate surface area is 84.8 Å². The number of thiophene rings is 1. The molecule has 0 saturated heterocycles. The van der Waals surface area contributed by atoms with E-state index in [4.69, 9.17) is 0 Å². The molecule has 0 spiro atoms. The van der Waals surface area contributed by atoms with Gasteiger partial charge in [-0.25, -0.2) is 0 Å². The van der Waals surface area contributed by atoms with Gasteiger partial charge in [0.05, 0.1) is 0 Å². The van der Waals surface area contributed by atoms with E-state index >= 15 is 0 Å². The van der Waals surface area contributed by atoms with E-state index < -0.39 is 0 Å². The van der Waals surface area contributed by atoms with Crippen molar-refractivity contribution in [3.8, 4) is 0 Å². The summed E-state index contributed by atoms with van der Waals surface area (Å²) in [6.07, 6.45) is 1.58. The Balaban J connectivity index is 0.000000671. The molecule has 0 unspecified atom stereocenters. The van der Waals surface area contributed by atoms with Gasteiger partial charge in [0.2, 0.25) is 0 Å². The van der Waals surface area contributed by atoms with Gasteiger partial charge in [-0.1, -0.05) is 20.4 Å². The third-order valence-electron chi connectivity index (χ3n) is 1.53. The van der Waals surface area contributed by atoms with E-state index in [9.17, 15) is 0 Å². The standard InChI is InChI=1S/C9H11NS.C2H6/c1-4-10-7(2)9-5-6-11-8(9)3;1-2/h4-6H,1H2,2-3H3;1-2H3. The summed E-state index contributed by atoms with van der Waals surface area (Å²) in [5.74, 6) is 0. The summed E-state index contributed by atoms with van der Waals surface area (Å²) < 4.78 is 0. The smallest absolute Gasteiger partial charge is 0.0455 e. The van der Waals surface area contributed by atoms with Gasteiger partial charge in [0, 0.05) is 22.4 Å². The van der Waals surface area contributed by atoms with E-state index in [-0.39, 0.29) is 0 Å². The first kappa shape index (κ1) is 12.1. The molecule has 2 heteroatoms. The molecule has 13 heavy (non-hydrogen) atoms. The molecule has 1 aromatic rings. The first-order valence-electron chi connectivity index (χ1n) is 4.45. The van der Waals surface area contributed by atoms with Gasteiger partial charge in [-0.3, -0.25) is 4.99 Å². The minimum absolute atomic E-state index is 1.04. The maximum Gasteiger partial charge on any atom is 0.0455 e. The van der Waals surface area contributed by atoms with Crippen molar-refractivity contribution in [2.24, 2.45) is 4.99 Å². The van der Waals surface area contributed by atoms with E-state index in [1.807, 2.05) is 20.8 Å². The number of nitrogens with zero attached hydrogens (tertiary/aromatic N) is 1. The third-order valence-corrected chi connectivity index (χ3v) is 2.38. The van der Waals surface area contributed by atoms with Crippen molar-refractivity contribution in [3.05, 3.63) is 34.7 Å². The molecule has 0 atom stereocenters. The molecule has 0 amide bonds. The Morgan fingerprint density at radius 1 is 1.54 bits per heavy atom. The molecular weight excluding hydrogens is 178 g/mol. The lowest BCUT2D eigenvalue weighted by molar-refractivity contribution is 1.49. The van der Waals surface area contributed by atoms with Gasteiger partial charge in [-0.15, -0.1) is 11.3 Å². The van der Waals surface area contributed by atoms with Crippen LogP contribution in [0.1, 0.15) is 31.2 Å². The molecule has 0 N–H and O–H groups in total. The summed E-state index contributed by atoms with van der Waals surface area (Å²) >= 11 is 1.74. The van der Waals surface area contributed by atoms with Crippen LogP contribution in [-0.2, 0) is 0 Å². The topological polar surface area (TPSA) is 12.4 Å². The van der Waals surface area contributed by atoms with Crippen LogP contribution in [0.25, 0.3) is 0 Å². The zero-order chi connectivity index (χ0) is 10.3. The van der Waals surface area contributed by atoms with Crippen LogP contribution in [0.3, 0.4) is 0 Å². The molecule has 1 aromatic heterocycles. The van der Waals surface area contributed by atoms with E-state index in [2.05, 4.69) is 29.9 Å². The maximum atomic E-state index is 4.12. The second kappa shape index (κ2) is 6.61. The fourth-order valence-electron chi connectivity index (χ4n) is 0.967. The van der Waals surface area contributed by atoms with Gasteiger partial charge < -0.3 is 0 Å². The molecule has 0 bridgehead atoms. The average molecular weight is 195 g/mol. The molecule has 1 rings (SSSR count). The molecule has 0 aromatic carbocycles. The van der Waals surface area contributed by atoms with E-state index in [1.165, 1.54) is 10.4 Å². The predicted octanol–water partition coefficient (Wildman–Crippen LogP) is 4.04. The summed E-state index contributed by atoms with van der Waals surface area (Å²) in [4.78, 5) is 5.43.